The molecule has 0 aromatic heterocycles. The van der Waals surface area contributed by atoms with Gasteiger partial charge in [0.05, 0.1) is 11.3 Å². The van der Waals surface area contributed by atoms with Crippen LogP contribution in [0.25, 0.3) is 0 Å². The summed E-state index contributed by atoms with van der Waals surface area (Å²) in [4.78, 5) is 23.2. The number of alkyl halides is 3. The van der Waals surface area contributed by atoms with Crippen LogP contribution in [-0.2, 0) is 4.79 Å². The van der Waals surface area contributed by atoms with Crippen molar-refractivity contribution in [3.05, 3.63) is 23.8 Å². The number of carbonyl (C=O) groups is 2. The van der Waals surface area contributed by atoms with Crippen molar-refractivity contribution in [2.75, 3.05) is 17.2 Å². The fraction of sp³-hybridized carbons (Fsp3) is 0.273. The normalized spacial score (nSPS) is 15.0. The number of nitrogens with zero attached hydrogens (tertiary/aromatic N) is 1. The lowest BCUT2D eigenvalue weighted by Crippen LogP contribution is -2.44. The number of benzene rings is 1. The van der Waals surface area contributed by atoms with E-state index in [1.165, 1.54) is 23.9 Å². The number of thioether (sulfide) groups is 1. The molecule has 0 unspecified atom stereocenters. The van der Waals surface area contributed by atoms with Gasteiger partial charge in [0.2, 0.25) is 0 Å². The summed E-state index contributed by atoms with van der Waals surface area (Å²) in [6.07, 6.45) is -4.97. The second kappa shape index (κ2) is 4.76. The zero-order chi connectivity index (χ0) is 14.2. The Balaban J connectivity index is 2.45. The molecule has 0 spiro atoms. The summed E-state index contributed by atoms with van der Waals surface area (Å²) in [5.74, 6) is -2.89. The maximum Gasteiger partial charge on any atom is 0.471 e. The molecule has 4 nitrogen and oxygen atoms in total. The molecule has 0 atom stereocenters. The third-order valence-electron chi connectivity index (χ3n) is 2.56. The van der Waals surface area contributed by atoms with Crippen molar-refractivity contribution < 1.29 is 27.9 Å². The van der Waals surface area contributed by atoms with E-state index in [1.807, 2.05) is 0 Å². The first-order chi connectivity index (χ1) is 8.80. The minimum absolute atomic E-state index is 0.00141. The van der Waals surface area contributed by atoms with Gasteiger partial charge in [0.15, 0.2) is 0 Å². The largest absolute Gasteiger partial charge is 0.478 e. The number of fused-ring (bicyclic) bond motifs is 1. The first-order valence-electron chi connectivity index (χ1n) is 5.19. The first kappa shape index (κ1) is 13.7. The minimum Gasteiger partial charge on any atom is -0.478 e. The molecule has 1 aromatic carbocycles. The highest BCUT2D eigenvalue weighted by molar-refractivity contribution is 7.99. The number of carboxylic acids is 1. The van der Waals surface area contributed by atoms with Crippen LogP contribution in [0.5, 0.6) is 0 Å². The molecule has 1 aliphatic rings. The van der Waals surface area contributed by atoms with Crippen molar-refractivity contribution in [3.63, 3.8) is 0 Å². The second-order valence-corrected chi connectivity index (χ2v) is 4.93. The maximum absolute atomic E-state index is 12.5. The molecule has 0 saturated carbocycles. The summed E-state index contributed by atoms with van der Waals surface area (Å²) in [5, 5.41) is 8.84. The Labute approximate surface area is 110 Å². The summed E-state index contributed by atoms with van der Waals surface area (Å²) in [6.45, 7) is -0.0981. The summed E-state index contributed by atoms with van der Waals surface area (Å²) in [5.41, 5.74) is -0.153. The Kier molecular flexibility index (Phi) is 3.44. The van der Waals surface area contributed by atoms with E-state index in [-0.39, 0.29) is 17.8 Å². The molecular formula is C11H8F3NO3S. The number of rotatable bonds is 1. The molecule has 2 rings (SSSR count). The third kappa shape index (κ3) is 2.67. The molecule has 102 valence electrons. The lowest BCUT2D eigenvalue weighted by atomic mass is 10.2. The molecule has 0 fully saturated rings. The molecule has 0 aliphatic carbocycles. The van der Waals surface area contributed by atoms with E-state index in [0.29, 0.717) is 15.5 Å². The van der Waals surface area contributed by atoms with Crippen LogP contribution < -0.4 is 4.90 Å². The van der Waals surface area contributed by atoms with E-state index in [1.54, 1.807) is 0 Å². The van der Waals surface area contributed by atoms with Crippen LogP contribution in [0.3, 0.4) is 0 Å². The van der Waals surface area contributed by atoms with Crippen LogP contribution in [-0.4, -0.2) is 35.5 Å². The summed E-state index contributed by atoms with van der Waals surface area (Å²) in [7, 11) is 0. The van der Waals surface area contributed by atoms with Gasteiger partial charge in [-0.15, -0.1) is 11.8 Å². The van der Waals surface area contributed by atoms with Gasteiger partial charge >= 0.3 is 18.1 Å². The third-order valence-corrected chi connectivity index (χ3v) is 3.60. The van der Waals surface area contributed by atoms with Crippen molar-refractivity contribution in [3.8, 4) is 0 Å². The van der Waals surface area contributed by atoms with Gasteiger partial charge in [-0.25, -0.2) is 4.79 Å². The SMILES string of the molecule is O=C(O)c1ccc2c(c1)N(C(=O)C(F)(F)F)CCS2. The van der Waals surface area contributed by atoms with Crippen molar-refractivity contribution >= 4 is 29.3 Å². The minimum atomic E-state index is -4.97. The molecule has 1 aliphatic heterocycles. The number of hydrogen-bond donors (Lipinski definition) is 1. The summed E-state index contributed by atoms with van der Waals surface area (Å²) < 4.78 is 37.4. The molecule has 1 N–H and O–H groups in total. The van der Waals surface area contributed by atoms with Gasteiger partial charge < -0.3 is 10.0 Å². The highest BCUT2D eigenvalue weighted by Crippen LogP contribution is 2.37. The molecular weight excluding hydrogens is 283 g/mol. The van der Waals surface area contributed by atoms with Gasteiger partial charge in [-0.2, -0.15) is 13.2 Å². The van der Waals surface area contributed by atoms with Gasteiger partial charge in [-0.1, -0.05) is 0 Å². The number of amides is 1. The second-order valence-electron chi connectivity index (χ2n) is 3.79. The van der Waals surface area contributed by atoms with Crippen molar-refractivity contribution in [2.24, 2.45) is 0 Å². The van der Waals surface area contributed by atoms with Crippen LogP contribution in [0.4, 0.5) is 18.9 Å². The molecule has 8 heteroatoms. The average molecular weight is 291 g/mol. The number of halogens is 3. The van der Waals surface area contributed by atoms with Crippen LogP contribution in [0.2, 0.25) is 0 Å². The van der Waals surface area contributed by atoms with Gasteiger partial charge in [-0.3, -0.25) is 4.79 Å². The van der Waals surface area contributed by atoms with E-state index in [0.717, 1.165) is 6.07 Å². The van der Waals surface area contributed by atoms with Gasteiger partial charge in [0, 0.05) is 17.2 Å². The van der Waals surface area contributed by atoms with Crippen molar-refractivity contribution in [1.82, 2.24) is 0 Å². The Morgan fingerprint density at radius 3 is 2.58 bits per heavy atom. The molecule has 0 bridgehead atoms. The monoisotopic (exact) mass is 291 g/mol. The standard InChI is InChI=1S/C11H8F3NO3S/c12-11(13,14)10(18)15-3-4-19-8-2-1-6(9(16)17)5-7(8)15/h1-2,5H,3-4H2,(H,16,17). The fourth-order valence-electron chi connectivity index (χ4n) is 1.71. The number of hydrogen-bond acceptors (Lipinski definition) is 3. The lowest BCUT2D eigenvalue weighted by molar-refractivity contribution is -0.170. The Bertz CT molecular complexity index is 544. The Morgan fingerprint density at radius 1 is 1.32 bits per heavy atom. The topological polar surface area (TPSA) is 57.6 Å². The summed E-state index contributed by atoms with van der Waals surface area (Å²) >= 11 is 1.29. The Hall–Kier alpha value is -1.70. The van der Waals surface area contributed by atoms with E-state index < -0.39 is 18.1 Å². The maximum atomic E-state index is 12.5. The lowest BCUT2D eigenvalue weighted by Gasteiger charge is -2.29. The average Bonchev–Trinajstić information content (AvgIpc) is 2.35. The molecule has 0 saturated heterocycles. The predicted molar refractivity (Wildman–Crippen MR) is 62.5 cm³/mol. The van der Waals surface area contributed by atoms with E-state index in [4.69, 9.17) is 5.11 Å². The molecule has 1 amide bonds. The molecule has 1 heterocycles. The number of carboxylic acid groups (broad SMARTS) is 1. The van der Waals surface area contributed by atoms with Gasteiger partial charge in [0.25, 0.3) is 0 Å². The first-order valence-corrected chi connectivity index (χ1v) is 6.18. The van der Waals surface area contributed by atoms with Crippen molar-refractivity contribution in [1.29, 1.82) is 0 Å². The quantitative estimate of drug-likeness (QED) is 0.863. The molecule has 1 aromatic rings. The predicted octanol–water partition coefficient (Wildman–Crippen LogP) is 2.39. The summed E-state index contributed by atoms with van der Waals surface area (Å²) in [6, 6.07) is 3.81. The number of anilines is 1. The molecule has 0 radical (unpaired) electrons. The van der Waals surface area contributed by atoms with Crippen molar-refractivity contribution in [2.45, 2.75) is 11.1 Å². The number of carbonyl (C=O) groups excluding carboxylic acids is 1. The van der Waals surface area contributed by atoms with Crippen LogP contribution in [0, 0.1) is 0 Å². The van der Waals surface area contributed by atoms with E-state index in [9.17, 15) is 22.8 Å². The molecule has 19 heavy (non-hydrogen) atoms. The Morgan fingerprint density at radius 2 is 2.00 bits per heavy atom. The highest BCUT2D eigenvalue weighted by atomic mass is 32.2. The van der Waals surface area contributed by atoms with Gasteiger partial charge in [0.1, 0.15) is 0 Å². The van der Waals surface area contributed by atoms with Crippen LogP contribution in [0.15, 0.2) is 23.1 Å². The van der Waals surface area contributed by atoms with E-state index >= 15 is 0 Å². The zero-order valence-corrected chi connectivity index (χ0v) is 10.2. The fourth-order valence-corrected chi connectivity index (χ4v) is 2.69. The van der Waals surface area contributed by atoms with Crippen LogP contribution in [0.1, 0.15) is 10.4 Å². The number of aromatic carboxylic acids is 1. The highest BCUT2D eigenvalue weighted by Gasteiger charge is 2.44. The van der Waals surface area contributed by atoms with E-state index in [2.05, 4.69) is 0 Å². The zero-order valence-electron chi connectivity index (χ0n) is 9.40. The van der Waals surface area contributed by atoms with Crippen LogP contribution >= 0.6 is 11.8 Å². The van der Waals surface area contributed by atoms with Gasteiger partial charge in [-0.05, 0) is 18.2 Å². The smallest absolute Gasteiger partial charge is 0.471 e.